The van der Waals surface area contributed by atoms with Crippen LogP contribution >= 0.6 is 0 Å². The molecule has 0 radical (unpaired) electrons. The van der Waals surface area contributed by atoms with E-state index in [0.29, 0.717) is 6.54 Å². The van der Waals surface area contributed by atoms with Crippen LogP contribution in [-0.2, 0) is 13.0 Å². The van der Waals surface area contributed by atoms with E-state index in [1.54, 1.807) is 0 Å². The molecule has 3 heteroatoms. The Morgan fingerprint density at radius 2 is 2.00 bits per heavy atom. The van der Waals surface area contributed by atoms with Crippen molar-refractivity contribution in [2.75, 3.05) is 0 Å². The number of rotatable bonds is 3. The minimum absolute atomic E-state index is 0.432. The number of fused-ring (bicyclic) bond motifs is 1. The van der Waals surface area contributed by atoms with Crippen LogP contribution in [0.5, 0.6) is 0 Å². The normalized spacial score (nSPS) is 10.1. The number of hydrogen-bond acceptors (Lipinski definition) is 1. The first kappa shape index (κ1) is 10.5. The van der Waals surface area contributed by atoms with Crippen LogP contribution in [0.1, 0.15) is 18.1 Å². The van der Waals surface area contributed by atoms with Crippen LogP contribution < -0.4 is 0 Å². The lowest BCUT2D eigenvalue weighted by Crippen LogP contribution is -1.92. The van der Waals surface area contributed by atoms with Crippen molar-refractivity contribution in [1.29, 1.82) is 0 Å². The molecule has 0 bridgehead atoms. The summed E-state index contributed by atoms with van der Waals surface area (Å²) in [5.74, 6) is 0. The minimum Gasteiger partial charge on any atom is -0.0892 e. The number of hydrogen-bond donors (Lipinski definition) is 0. The zero-order valence-corrected chi connectivity index (χ0v) is 9.22. The molecule has 0 aliphatic carbocycles. The predicted octanol–water partition coefficient (Wildman–Crippen LogP) is 4.21. The molecule has 2 aromatic carbocycles. The van der Waals surface area contributed by atoms with Crippen molar-refractivity contribution >= 4 is 10.8 Å². The summed E-state index contributed by atoms with van der Waals surface area (Å²) in [5, 5.41) is 6.07. The lowest BCUT2D eigenvalue weighted by atomic mass is 9.97. The molecular weight excluding hydrogens is 198 g/mol. The first-order valence-electron chi connectivity index (χ1n) is 5.37. The maximum Gasteiger partial charge on any atom is 0.0519 e. The molecule has 0 aliphatic heterocycles. The molecule has 0 unspecified atom stereocenters. The molecule has 0 heterocycles. The van der Waals surface area contributed by atoms with E-state index in [2.05, 4.69) is 41.2 Å². The Balaban J connectivity index is 2.67. The van der Waals surface area contributed by atoms with Gasteiger partial charge >= 0.3 is 0 Å². The molecule has 0 saturated heterocycles. The third-order valence-corrected chi connectivity index (χ3v) is 2.81. The molecular formula is C13H13N3. The van der Waals surface area contributed by atoms with Crippen LogP contribution in [0.25, 0.3) is 21.2 Å². The van der Waals surface area contributed by atoms with Crippen molar-refractivity contribution in [2.24, 2.45) is 5.11 Å². The van der Waals surface area contributed by atoms with E-state index >= 15 is 0 Å². The highest BCUT2D eigenvalue weighted by Gasteiger charge is 2.04. The predicted molar refractivity (Wildman–Crippen MR) is 66.2 cm³/mol. The van der Waals surface area contributed by atoms with Crippen molar-refractivity contribution < 1.29 is 0 Å². The van der Waals surface area contributed by atoms with Gasteiger partial charge in [-0.25, -0.2) is 0 Å². The van der Waals surface area contributed by atoms with E-state index in [-0.39, 0.29) is 0 Å². The van der Waals surface area contributed by atoms with Crippen LogP contribution in [0.2, 0.25) is 0 Å². The maximum absolute atomic E-state index is 8.42. The molecule has 0 spiro atoms. The average molecular weight is 211 g/mol. The van der Waals surface area contributed by atoms with E-state index in [0.717, 1.165) is 12.0 Å². The second-order valence-corrected chi connectivity index (χ2v) is 3.67. The Labute approximate surface area is 94.3 Å². The number of benzene rings is 2. The molecule has 0 N–H and O–H groups in total. The SMILES string of the molecule is CCc1ccc2ccccc2c1CN=[N+]=[N-]. The van der Waals surface area contributed by atoms with Gasteiger partial charge in [-0.1, -0.05) is 48.4 Å². The van der Waals surface area contributed by atoms with Crippen LogP contribution in [0.15, 0.2) is 41.5 Å². The van der Waals surface area contributed by atoms with E-state index in [1.165, 1.54) is 16.3 Å². The quantitative estimate of drug-likeness (QED) is 0.415. The van der Waals surface area contributed by atoms with Crippen LogP contribution in [0.4, 0.5) is 0 Å². The maximum atomic E-state index is 8.42. The minimum atomic E-state index is 0.432. The molecule has 2 rings (SSSR count). The Bertz CT molecular complexity index is 554. The molecule has 0 aliphatic rings. The standard InChI is InChI=1S/C13H13N3/c1-2-10-7-8-11-5-3-4-6-12(11)13(10)9-15-16-14/h3-8H,2,9H2,1H3. The molecule has 0 atom stereocenters. The third kappa shape index (κ3) is 1.86. The second-order valence-electron chi connectivity index (χ2n) is 3.67. The first-order valence-corrected chi connectivity index (χ1v) is 5.37. The Morgan fingerprint density at radius 1 is 1.19 bits per heavy atom. The van der Waals surface area contributed by atoms with Gasteiger partial charge in [0.05, 0.1) is 6.54 Å². The van der Waals surface area contributed by atoms with Crippen molar-refractivity contribution in [3.05, 3.63) is 58.0 Å². The summed E-state index contributed by atoms with van der Waals surface area (Å²) in [5.41, 5.74) is 10.8. The highest BCUT2D eigenvalue weighted by atomic mass is 15.1. The van der Waals surface area contributed by atoms with Gasteiger partial charge in [0.2, 0.25) is 0 Å². The summed E-state index contributed by atoms with van der Waals surface area (Å²) in [6.07, 6.45) is 0.959. The summed E-state index contributed by atoms with van der Waals surface area (Å²) >= 11 is 0. The van der Waals surface area contributed by atoms with Crippen molar-refractivity contribution in [3.8, 4) is 0 Å². The van der Waals surface area contributed by atoms with E-state index in [9.17, 15) is 0 Å². The van der Waals surface area contributed by atoms with Crippen molar-refractivity contribution in [1.82, 2.24) is 0 Å². The molecule has 0 fully saturated rings. The molecule has 16 heavy (non-hydrogen) atoms. The topological polar surface area (TPSA) is 48.8 Å². The monoisotopic (exact) mass is 211 g/mol. The first-order chi connectivity index (χ1) is 7.86. The summed E-state index contributed by atoms with van der Waals surface area (Å²) in [6.45, 7) is 2.55. The molecule has 0 amide bonds. The smallest absolute Gasteiger partial charge is 0.0519 e. The highest BCUT2D eigenvalue weighted by Crippen LogP contribution is 2.23. The fourth-order valence-corrected chi connectivity index (χ4v) is 2.00. The Hall–Kier alpha value is -1.99. The molecule has 80 valence electrons. The summed E-state index contributed by atoms with van der Waals surface area (Å²) < 4.78 is 0. The lowest BCUT2D eigenvalue weighted by molar-refractivity contribution is 1.00. The van der Waals surface area contributed by atoms with E-state index < -0.39 is 0 Å². The second kappa shape index (κ2) is 4.69. The number of nitrogens with zero attached hydrogens (tertiary/aromatic N) is 3. The summed E-state index contributed by atoms with van der Waals surface area (Å²) in [4.78, 5) is 2.84. The van der Waals surface area contributed by atoms with E-state index in [1.807, 2.05) is 12.1 Å². The van der Waals surface area contributed by atoms with Gasteiger partial charge in [-0.3, -0.25) is 0 Å². The van der Waals surface area contributed by atoms with Gasteiger partial charge in [0.25, 0.3) is 0 Å². The van der Waals surface area contributed by atoms with Crippen LogP contribution in [0.3, 0.4) is 0 Å². The largest absolute Gasteiger partial charge is 0.0892 e. The van der Waals surface area contributed by atoms with Crippen molar-refractivity contribution in [2.45, 2.75) is 19.9 Å². The zero-order chi connectivity index (χ0) is 11.4. The summed E-state index contributed by atoms with van der Waals surface area (Å²) in [6, 6.07) is 12.4. The van der Waals surface area contributed by atoms with E-state index in [4.69, 9.17) is 5.53 Å². The molecule has 0 aromatic heterocycles. The van der Waals surface area contributed by atoms with Gasteiger partial charge in [0.1, 0.15) is 0 Å². The Kier molecular flexibility index (Phi) is 3.08. The fourth-order valence-electron chi connectivity index (χ4n) is 2.00. The number of aryl methyl sites for hydroxylation is 1. The molecule has 2 aromatic rings. The lowest BCUT2D eigenvalue weighted by Gasteiger charge is -2.09. The fraction of sp³-hybridized carbons (Fsp3) is 0.231. The highest BCUT2D eigenvalue weighted by molar-refractivity contribution is 5.86. The average Bonchev–Trinajstić information content (AvgIpc) is 2.35. The zero-order valence-electron chi connectivity index (χ0n) is 9.22. The van der Waals surface area contributed by atoms with Crippen molar-refractivity contribution in [3.63, 3.8) is 0 Å². The van der Waals surface area contributed by atoms with Gasteiger partial charge in [-0.15, -0.1) is 0 Å². The third-order valence-electron chi connectivity index (χ3n) is 2.81. The van der Waals surface area contributed by atoms with Gasteiger partial charge in [-0.2, -0.15) is 0 Å². The van der Waals surface area contributed by atoms with Gasteiger partial charge in [0, 0.05) is 4.91 Å². The number of azide groups is 1. The van der Waals surface area contributed by atoms with Gasteiger partial charge in [-0.05, 0) is 33.9 Å². The van der Waals surface area contributed by atoms with Crippen LogP contribution in [-0.4, -0.2) is 0 Å². The Morgan fingerprint density at radius 3 is 2.75 bits per heavy atom. The summed E-state index contributed by atoms with van der Waals surface area (Å²) in [7, 11) is 0. The van der Waals surface area contributed by atoms with Crippen LogP contribution in [0, 0.1) is 0 Å². The molecule has 0 saturated carbocycles. The van der Waals surface area contributed by atoms with Gasteiger partial charge in [0.15, 0.2) is 0 Å². The van der Waals surface area contributed by atoms with Gasteiger partial charge < -0.3 is 0 Å². The molecule has 3 nitrogen and oxygen atoms in total.